The van der Waals surface area contributed by atoms with Crippen molar-refractivity contribution >= 4 is 35.0 Å². The van der Waals surface area contributed by atoms with Crippen molar-refractivity contribution < 1.29 is 14.0 Å². The van der Waals surface area contributed by atoms with Crippen LogP contribution in [0.15, 0.2) is 77.7 Å². The lowest BCUT2D eigenvalue weighted by atomic mass is 10.2. The lowest BCUT2D eigenvalue weighted by Crippen LogP contribution is -2.22. The van der Waals surface area contributed by atoms with Crippen LogP contribution in [0.5, 0.6) is 0 Å². The predicted octanol–water partition coefficient (Wildman–Crippen LogP) is 5.51. The molecule has 0 heterocycles. The molecular weight excluding hydrogens is 387 g/mol. The largest absolute Gasteiger partial charge is 0.325 e. The molecule has 0 aliphatic carbocycles. The smallest absolute Gasteiger partial charge is 0.255 e. The Kier molecular flexibility index (Phi) is 6.67. The van der Waals surface area contributed by atoms with Gasteiger partial charge in [-0.3, -0.25) is 9.59 Å². The quantitative estimate of drug-likeness (QED) is 0.529. The van der Waals surface area contributed by atoms with Crippen molar-refractivity contribution in [2.45, 2.75) is 24.0 Å². The SMILES string of the molecule is Cc1ccccc1NC(=O)C(C)Sc1cccc(NC(=O)c2ccc(F)cc2)c1. The number of rotatable bonds is 6. The number of carbonyl (C=O) groups excluding carboxylic acids is 2. The van der Waals surface area contributed by atoms with E-state index in [1.54, 1.807) is 6.07 Å². The zero-order chi connectivity index (χ0) is 20.8. The molecule has 1 unspecified atom stereocenters. The van der Waals surface area contributed by atoms with Crippen LogP contribution in [0.25, 0.3) is 0 Å². The van der Waals surface area contributed by atoms with Gasteiger partial charge >= 0.3 is 0 Å². The molecule has 3 rings (SSSR count). The second kappa shape index (κ2) is 9.39. The average Bonchev–Trinajstić information content (AvgIpc) is 2.70. The molecule has 148 valence electrons. The highest BCUT2D eigenvalue weighted by molar-refractivity contribution is 8.00. The van der Waals surface area contributed by atoms with Crippen LogP contribution in [-0.2, 0) is 4.79 Å². The van der Waals surface area contributed by atoms with Gasteiger partial charge in [0.05, 0.1) is 5.25 Å². The molecule has 29 heavy (non-hydrogen) atoms. The van der Waals surface area contributed by atoms with E-state index in [2.05, 4.69) is 10.6 Å². The second-order valence-corrected chi connectivity index (χ2v) is 7.97. The van der Waals surface area contributed by atoms with Gasteiger partial charge in [0.2, 0.25) is 5.91 Å². The molecule has 0 aliphatic rings. The van der Waals surface area contributed by atoms with Crippen molar-refractivity contribution in [2.75, 3.05) is 10.6 Å². The van der Waals surface area contributed by atoms with E-state index in [1.165, 1.54) is 36.0 Å². The van der Waals surface area contributed by atoms with Crippen molar-refractivity contribution in [1.29, 1.82) is 0 Å². The van der Waals surface area contributed by atoms with Crippen LogP contribution in [0.3, 0.4) is 0 Å². The zero-order valence-corrected chi connectivity index (χ0v) is 16.9. The minimum absolute atomic E-state index is 0.0925. The van der Waals surface area contributed by atoms with Gasteiger partial charge in [-0.1, -0.05) is 24.3 Å². The first-order valence-electron chi connectivity index (χ1n) is 9.12. The maximum atomic E-state index is 13.0. The summed E-state index contributed by atoms with van der Waals surface area (Å²) in [5.74, 6) is -0.805. The molecular formula is C23H21FN2O2S. The first-order valence-corrected chi connectivity index (χ1v) is 10.0. The molecule has 3 aromatic rings. The Labute approximate surface area is 173 Å². The number of aryl methyl sites for hydroxylation is 1. The fourth-order valence-electron chi connectivity index (χ4n) is 2.66. The third-order valence-electron chi connectivity index (χ3n) is 4.28. The highest BCUT2D eigenvalue weighted by Gasteiger charge is 2.16. The van der Waals surface area contributed by atoms with Gasteiger partial charge in [-0.15, -0.1) is 11.8 Å². The number of thioether (sulfide) groups is 1. The van der Waals surface area contributed by atoms with E-state index < -0.39 is 5.82 Å². The summed E-state index contributed by atoms with van der Waals surface area (Å²) in [6.07, 6.45) is 0. The number of hydrogen-bond donors (Lipinski definition) is 2. The van der Waals surface area contributed by atoms with Crippen molar-refractivity contribution in [3.63, 3.8) is 0 Å². The van der Waals surface area contributed by atoms with Gasteiger partial charge in [-0.05, 0) is 67.9 Å². The summed E-state index contributed by atoms with van der Waals surface area (Å²) in [6.45, 7) is 3.78. The van der Waals surface area contributed by atoms with E-state index in [-0.39, 0.29) is 17.1 Å². The molecule has 0 radical (unpaired) electrons. The van der Waals surface area contributed by atoms with Crippen LogP contribution >= 0.6 is 11.8 Å². The fourth-order valence-corrected chi connectivity index (χ4v) is 3.58. The van der Waals surface area contributed by atoms with E-state index in [0.717, 1.165) is 16.1 Å². The van der Waals surface area contributed by atoms with Gasteiger partial charge in [0.25, 0.3) is 5.91 Å². The molecule has 0 spiro atoms. The van der Waals surface area contributed by atoms with E-state index in [9.17, 15) is 14.0 Å². The Morgan fingerprint density at radius 2 is 1.66 bits per heavy atom. The van der Waals surface area contributed by atoms with Crippen molar-refractivity contribution in [3.05, 3.63) is 89.7 Å². The normalized spacial score (nSPS) is 11.6. The lowest BCUT2D eigenvalue weighted by molar-refractivity contribution is -0.115. The summed E-state index contributed by atoms with van der Waals surface area (Å²) in [4.78, 5) is 25.7. The summed E-state index contributed by atoms with van der Waals surface area (Å²) in [7, 11) is 0. The summed E-state index contributed by atoms with van der Waals surface area (Å²) in [5, 5.41) is 5.41. The van der Waals surface area contributed by atoms with Crippen LogP contribution < -0.4 is 10.6 Å². The lowest BCUT2D eigenvalue weighted by Gasteiger charge is -2.14. The third kappa shape index (κ3) is 5.68. The number of benzene rings is 3. The maximum Gasteiger partial charge on any atom is 0.255 e. The standard InChI is InChI=1S/C23H21FN2O2S/c1-15-6-3-4-9-21(15)26-22(27)16(2)29-20-8-5-7-19(14-20)25-23(28)17-10-12-18(24)13-11-17/h3-14,16H,1-2H3,(H,25,28)(H,26,27). The van der Waals surface area contributed by atoms with Crippen LogP contribution in [0.2, 0.25) is 0 Å². The molecule has 2 N–H and O–H groups in total. The second-order valence-electron chi connectivity index (χ2n) is 6.55. The molecule has 0 saturated heterocycles. The van der Waals surface area contributed by atoms with Crippen molar-refractivity contribution in [3.8, 4) is 0 Å². The Bertz CT molecular complexity index is 1020. The number of carbonyl (C=O) groups is 2. The van der Waals surface area contributed by atoms with Crippen LogP contribution in [-0.4, -0.2) is 17.1 Å². The number of halogens is 1. The highest BCUT2D eigenvalue weighted by Crippen LogP contribution is 2.27. The molecule has 6 heteroatoms. The van der Waals surface area contributed by atoms with Crippen LogP contribution in [0.4, 0.5) is 15.8 Å². The molecule has 4 nitrogen and oxygen atoms in total. The van der Waals surface area contributed by atoms with Crippen molar-refractivity contribution in [1.82, 2.24) is 0 Å². The minimum atomic E-state index is -0.391. The maximum absolute atomic E-state index is 13.0. The summed E-state index contributed by atoms with van der Waals surface area (Å²) in [6, 6.07) is 20.3. The fraction of sp³-hybridized carbons (Fsp3) is 0.130. The molecule has 0 fully saturated rings. The average molecular weight is 408 g/mol. The molecule has 1 atom stereocenters. The van der Waals surface area contributed by atoms with Gasteiger partial charge in [-0.25, -0.2) is 4.39 Å². The number of hydrogen-bond acceptors (Lipinski definition) is 3. The van der Waals surface area contributed by atoms with Crippen LogP contribution in [0.1, 0.15) is 22.8 Å². The molecule has 3 aromatic carbocycles. The number of amides is 2. The van der Waals surface area contributed by atoms with E-state index in [1.807, 2.05) is 56.3 Å². The molecule has 0 saturated carbocycles. The summed E-state index contributed by atoms with van der Waals surface area (Å²) in [5.41, 5.74) is 2.78. The molecule has 2 amide bonds. The summed E-state index contributed by atoms with van der Waals surface area (Å²) >= 11 is 1.40. The molecule has 0 aliphatic heterocycles. The number of para-hydroxylation sites is 1. The van der Waals surface area contributed by atoms with Gasteiger partial charge in [0.15, 0.2) is 0 Å². The van der Waals surface area contributed by atoms with E-state index in [4.69, 9.17) is 0 Å². The van der Waals surface area contributed by atoms with Crippen LogP contribution in [0, 0.1) is 12.7 Å². The number of nitrogens with one attached hydrogen (secondary N) is 2. The Morgan fingerprint density at radius 3 is 2.38 bits per heavy atom. The van der Waals surface area contributed by atoms with Crippen molar-refractivity contribution in [2.24, 2.45) is 0 Å². The van der Waals surface area contributed by atoms with Gasteiger partial charge in [-0.2, -0.15) is 0 Å². The molecule has 0 aromatic heterocycles. The Balaban J connectivity index is 1.63. The topological polar surface area (TPSA) is 58.2 Å². The minimum Gasteiger partial charge on any atom is -0.325 e. The highest BCUT2D eigenvalue weighted by atomic mass is 32.2. The molecule has 0 bridgehead atoms. The Hall–Kier alpha value is -3.12. The van der Waals surface area contributed by atoms with E-state index in [0.29, 0.717) is 11.3 Å². The van der Waals surface area contributed by atoms with Gasteiger partial charge in [0, 0.05) is 21.8 Å². The Morgan fingerprint density at radius 1 is 0.931 bits per heavy atom. The third-order valence-corrected chi connectivity index (χ3v) is 5.38. The van der Waals surface area contributed by atoms with Gasteiger partial charge < -0.3 is 10.6 Å². The first-order chi connectivity index (χ1) is 13.9. The van der Waals surface area contributed by atoms with Gasteiger partial charge in [0.1, 0.15) is 5.82 Å². The first kappa shape index (κ1) is 20.6. The summed E-state index contributed by atoms with van der Waals surface area (Å²) < 4.78 is 13.0. The zero-order valence-electron chi connectivity index (χ0n) is 16.1. The monoisotopic (exact) mass is 408 g/mol. The predicted molar refractivity (Wildman–Crippen MR) is 116 cm³/mol. The number of anilines is 2. The van der Waals surface area contributed by atoms with E-state index >= 15 is 0 Å².